The van der Waals surface area contributed by atoms with Gasteiger partial charge < -0.3 is 20.5 Å². The maximum absolute atomic E-state index is 12.3. The predicted molar refractivity (Wildman–Crippen MR) is 97.4 cm³/mol. The highest BCUT2D eigenvalue weighted by Crippen LogP contribution is 2.31. The molecule has 1 unspecified atom stereocenters. The van der Waals surface area contributed by atoms with Gasteiger partial charge in [0, 0.05) is 11.3 Å². The maximum atomic E-state index is 12.3. The lowest BCUT2D eigenvalue weighted by molar-refractivity contribution is -0.140. The van der Waals surface area contributed by atoms with Crippen LogP contribution in [0.25, 0.3) is 6.08 Å². The third-order valence-corrected chi connectivity index (χ3v) is 4.02. The Morgan fingerprint density at radius 3 is 2.64 bits per heavy atom. The van der Waals surface area contributed by atoms with Crippen molar-refractivity contribution < 1.29 is 14.6 Å². The molecule has 1 aliphatic rings. The minimum atomic E-state index is -1.61. The van der Waals surface area contributed by atoms with E-state index >= 15 is 0 Å². The van der Waals surface area contributed by atoms with Gasteiger partial charge in [-0.3, -0.25) is 0 Å². The minimum absolute atomic E-state index is 0.223. The van der Waals surface area contributed by atoms with Crippen LogP contribution in [-0.4, -0.2) is 17.7 Å². The van der Waals surface area contributed by atoms with Gasteiger partial charge in [0.1, 0.15) is 5.70 Å². The van der Waals surface area contributed by atoms with Crippen molar-refractivity contribution in [2.75, 3.05) is 11.9 Å². The Labute approximate surface area is 147 Å². The van der Waals surface area contributed by atoms with Crippen molar-refractivity contribution in [3.63, 3.8) is 0 Å². The van der Waals surface area contributed by atoms with Crippen LogP contribution in [-0.2, 0) is 15.4 Å². The maximum Gasteiger partial charge on any atom is 0.354 e. The van der Waals surface area contributed by atoms with E-state index in [0.717, 1.165) is 24.1 Å². The molecule has 1 heterocycles. The van der Waals surface area contributed by atoms with Crippen LogP contribution in [0.2, 0.25) is 0 Å². The number of ether oxygens (including phenoxy) is 1. The Kier molecular flexibility index (Phi) is 5.05. The molecular weight excluding hydrogens is 316 g/mol. The van der Waals surface area contributed by atoms with Crippen molar-refractivity contribution in [2.24, 2.45) is 0 Å². The summed E-state index contributed by atoms with van der Waals surface area (Å²) in [6, 6.07) is 16.7. The average Bonchev–Trinajstić information content (AvgIpc) is 2.62. The molecule has 5 nitrogen and oxygen atoms in total. The summed E-state index contributed by atoms with van der Waals surface area (Å²) in [7, 11) is 0. The topological polar surface area (TPSA) is 70.6 Å². The molecule has 1 aliphatic heterocycles. The number of hydrogen-bond acceptors (Lipinski definition) is 5. The monoisotopic (exact) mass is 338 g/mol. The van der Waals surface area contributed by atoms with E-state index in [2.05, 4.69) is 10.6 Å². The van der Waals surface area contributed by atoms with Crippen LogP contribution in [0, 0.1) is 0 Å². The van der Waals surface area contributed by atoms with Gasteiger partial charge in [0.15, 0.2) is 0 Å². The van der Waals surface area contributed by atoms with E-state index in [0.29, 0.717) is 12.2 Å². The van der Waals surface area contributed by atoms with Crippen LogP contribution in [0.4, 0.5) is 5.69 Å². The molecule has 1 atom stereocenters. The lowest BCUT2D eigenvalue weighted by Gasteiger charge is -2.36. The van der Waals surface area contributed by atoms with Crippen LogP contribution in [0.3, 0.4) is 0 Å². The fraction of sp³-hybridized carbons (Fsp3) is 0.250. The first-order valence-electron chi connectivity index (χ1n) is 8.44. The zero-order valence-corrected chi connectivity index (χ0v) is 14.2. The Morgan fingerprint density at radius 2 is 1.88 bits per heavy atom. The summed E-state index contributed by atoms with van der Waals surface area (Å²) >= 11 is 0. The Bertz CT molecular complexity index is 774. The predicted octanol–water partition coefficient (Wildman–Crippen LogP) is 3.19. The molecule has 0 saturated carbocycles. The van der Waals surface area contributed by atoms with E-state index in [1.165, 1.54) is 0 Å². The molecule has 0 saturated heterocycles. The number of unbranched alkanes of at least 4 members (excludes halogenated alkanes) is 1. The van der Waals surface area contributed by atoms with Gasteiger partial charge in [-0.05, 0) is 30.2 Å². The molecule has 3 N–H and O–H groups in total. The van der Waals surface area contributed by atoms with Gasteiger partial charge >= 0.3 is 5.97 Å². The third-order valence-electron chi connectivity index (χ3n) is 4.02. The van der Waals surface area contributed by atoms with Gasteiger partial charge in [-0.25, -0.2) is 4.79 Å². The van der Waals surface area contributed by atoms with Gasteiger partial charge in [-0.2, -0.15) is 0 Å². The largest absolute Gasteiger partial charge is 0.461 e. The molecule has 3 rings (SSSR count). The van der Waals surface area contributed by atoms with Gasteiger partial charge in [0.2, 0.25) is 5.85 Å². The Morgan fingerprint density at radius 1 is 1.16 bits per heavy atom. The number of fused-ring (bicyclic) bond motifs is 1. The molecule has 0 bridgehead atoms. The molecule has 0 aromatic heterocycles. The number of nitrogens with one attached hydrogen (secondary N) is 2. The lowest BCUT2D eigenvalue weighted by Crippen LogP contribution is -2.52. The number of aliphatic hydroxyl groups is 1. The van der Waals surface area contributed by atoms with E-state index in [4.69, 9.17) is 4.74 Å². The van der Waals surface area contributed by atoms with Crippen molar-refractivity contribution in [1.29, 1.82) is 0 Å². The summed E-state index contributed by atoms with van der Waals surface area (Å²) < 4.78 is 5.27. The lowest BCUT2D eigenvalue weighted by atomic mass is 9.97. The number of hydrogen-bond donors (Lipinski definition) is 3. The first-order chi connectivity index (χ1) is 12.1. The van der Waals surface area contributed by atoms with Gasteiger partial charge in [-0.1, -0.05) is 55.8 Å². The van der Waals surface area contributed by atoms with Crippen LogP contribution in [0.1, 0.15) is 30.9 Å². The minimum Gasteiger partial charge on any atom is -0.461 e. The highest BCUT2D eigenvalue weighted by atomic mass is 16.5. The second-order valence-electron chi connectivity index (χ2n) is 5.96. The average molecular weight is 338 g/mol. The molecule has 0 aliphatic carbocycles. The van der Waals surface area contributed by atoms with E-state index < -0.39 is 11.8 Å². The van der Waals surface area contributed by atoms with Crippen LogP contribution in [0.15, 0.2) is 60.3 Å². The summed E-state index contributed by atoms with van der Waals surface area (Å²) in [4.78, 5) is 12.3. The van der Waals surface area contributed by atoms with E-state index in [9.17, 15) is 9.90 Å². The summed E-state index contributed by atoms with van der Waals surface area (Å²) in [5, 5.41) is 17.2. The van der Waals surface area contributed by atoms with E-state index in [1.54, 1.807) is 6.08 Å². The molecule has 0 spiro atoms. The number of benzene rings is 2. The molecule has 0 radical (unpaired) electrons. The van der Waals surface area contributed by atoms with Crippen LogP contribution < -0.4 is 10.6 Å². The number of carbonyl (C=O) groups excluding carboxylic acids is 1. The zero-order valence-electron chi connectivity index (χ0n) is 14.2. The van der Waals surface area contributed by atoms with Crippen molar-refractivity contribution in [1.82, 2.24) is 5.32 Å². The number of para-hydroxylation sites is 1. The zero-order chi connectivity index (χ0) is 17.7. The van der Waals surface area contributed by atoms with Crippen molar-refractivity contribution in [3.05, 3.63) is 71.4 Å². The highest BCUT2D eigenvalue weighted by Gasteiger charge is 2.37. The fourth-order valence-corrected chi connectivity index (χ4v) is 2.73. The van der Waals surface area contributed by atoms with Crippen molar-refractivity contribution >= 4 is 17.7 Å². The Hall–Kier alpha value is -2.79. The van der Waals surface area contributed by atoms with Gasteiger partial charge in [0.05, 0.1) is 6.61 Å². The quantitative estimate of drug-likeness (QED) is 0.429. The first-order valence-corrected chi connectivity index (χ1v) is 8.44. The summed E-state index contributed by atoms with van der Waals surface area (Å²) in [5.41, 5.74) is 2.35. The van der Waals surface area contributed by atoms with E-state index in [-0.39, 0.29) is 5.70 Å². The SMILES string of the molecule is CCCCOC(=O)C1=Cc2ccccc2C(O)(Nc2ccccc2)N1. The van der Waals surface area contributed by atoms with Crippen LogP contribution >= 0.6 is 0 Å². The second kappa shape index (κ2) is 7.40. The van der Waals surface area contributed by atoms with Crippen LogP contribution in [0.5, 0.6) is 0 Å². The number of rotatable bonds is 6. The van der Waals surface area contributed by atoms with Crippen molar-refractivity contribution in [3.8, 4) is 0 Å². The molecule has 130 valence electrons. The Balaban J connectivity index is 1.89. The molecule has 25 heavy (non-hydrogen) atoms. The second-order valence-corrected chi connectivity index (χ2v) is 5.96. The summed E-state index contributed by atoms with van der Waals surface area (Å²) in [5.74, 6) is -2.08. The molecule has 2 aromatic rings. The first kappa shape index (κ1) is 17.0. The molecule has 5 heteroatoms. The van der Waals surface area contributed by atoms with Gasteiger partial charge in [0.25, 0.3) is 0 Å². The summed E-state index contributed by atoms with van der Waals surface area (Å²) in [6.07, 6.45) is 3.45. The smallest absolute Gasteiger partial charge is 0.354 e. The van der Waals surface area contributed by atoms with Gasteiger partial charge in [-0.15, -0.1) is 0 Å². The number of anilines is 1. The summed E-state index contributed by atoms with van der Waals surface area (Å²) in [6.45, 7) is 2.39. The molecular formula is C20H22N2O3. The fourth-order valence-electron chi connectivity index (χ4n) is 2.73. The standard InChI is InChI=1S/C20H22N2O3/c1-2-3-13-25-19(23)18-14-15-9-7-8-12-17(15)20(24,22-18)21-16-10-5-4-6-11-16/h4-12,14,21-22,24H,2-3,13H2,1H3. The van der Waals surface area contributed by atoms with E-state index in [1.807, 2.05) is 61.5 Å². The normalized spacial score (nSPS) is 18.6. The molecule has 0 fully saturated rings. The number of carbonyl (C=O) groups is 1. The molecule has 2 aromatic carbocycles. The molecule has 0 amide bonds. The highest BCUT2D eigenvalue weighted by molar-refractivity contribution is 5.94. The van der Waals surface area contributed by atoms with Crippen molar-refractivity contribution in [2.45, 2.75) is 25.6 Å². The number of esters is 1. The third kappa shape index (κ3) is 3.83.